The molecule has 0 fully saturated rings. The Morgan fingerprint density at radius 1 is 1.53 bits per heavy atom. The summed E-state index contributed by atoms with van der Waals surface area (Å²) in [6.07, 6.45) is 5.38. The van der Waals surface area contributed by atoms with Crippen LogP contribution in [0.2, 0.25) is 0 Å². The number of ether oxygens (including phenoxy) is 1. The number of hydrogen-bond acceptors (Lipinski definition) is 4. The van der Waals surface area contributed by atoms with E-state index in [0.717, 1.165) is 0 Å². The number of nitrogen functional groups attached to an aromatic ring is 1. The molecule has 0 amide bonds. The van der Waals surface area contributed by atoms with Crippen LogP contribution in [0.15, 0.2) is 23.1 Å². The summed E-state index contributed by atoms with van der Waals surface area (Å²) < 4.78 is 31.2. The first-order valence-corrected chi connectivity index (χ1v) is 6.36. The molecule has 0 saturated heterocycles. The molecule has 0 aliphatic rings. The molecule has 0 spiro atoms. The number of benzene rings is 1. The first-order chi connectivity index (χ1) is 8.01. The van der Waals surface area contributed by atoms with Gasteiger partial charge in [0.2, 0.25) is 10.0 Å². The van der Waals surface area contributed by atoms with Crippen LogP contribution in [0.4, 0.5) is 5.69 Å². The maximum Gasteiger partial charge on any atom is 0.244 e. The van der Waals surface area contributed by atoms with Gasteiger partial charge in [0, 0.05) is 24.7 Å². The molecule has 6 heteroatoms. The van der Waals surface area contributed by atoms with Gasteiger partial charge in [0.15, 0.2) is 0 Å². The highest BCUT2D eigenvalue weighted by Gasteiger charge is 2.18. The predicted octanol–water partition coefficient (Wildman–Crippen LogP) is 0.579. The average molecular weight is 254 g/mol. The second-order valence-corrected chi connectivity index (χ2v) is 5.00. The molecule has 1 rings (SSSR count). The molecule has 92 valence electrons. The van der Waals surface area contributed by atoms with E-state index in [1.807, 2.05) is 0 Å². The fraction of sp³-hybridized carbons (Fsp3) is 0.273. The van der Waals surface area contributed by atoms with Gasteiger partial charge in [0.1, 0.15) is 10.6 Å². The van der Waals surface area contributed by atoms with E-state index in [9.17, 15) is 8.42 Å². The predicted molar refractivity (Wildman–Crippen MR) is 66.0 cm³/mol. The maximum absolute atomic E-state index is 11.9. The second kappa shape index (κ2) is 5.57. The molecule has 1 aromatic rings. The minimum absolute atomic E-state index is 0.0474. The summed E-state index contributed by atoms with van der Waals surface area (Å²) in [4.78, 5) is 0.0474. The standard InChI is InChI=1S/C11H14N2O3S/c1-3-4-7-13-17(14,15)11-6-5-9(12)8-10(11)16-2/h1,5-6,8,13H,4,7,12H2,2H3. The van der Waals surface area contributed by atoms with Crippen molar-refractivity contribution in [2.75, 3.05) is 19.4 Å². The molecule has 5 nitrogen and oxygen atoms in total. The Morgan fingerprint density at radius 3 is 2.82 bits per heavy atom. The Morgan fingerprint density at radius 2 is 2.24 bits per heavy atom. The van der Waals surface area contributed by atoms with Crippen molar-refractivity contribution in [2.24, 2.45) is 0 Å². The van der Waals surface area contributed by atoms with Gasteiger partial charge in [0.05, 0.1) is 7.11 Å². The summed E-state index contributed by atoms with van der Waals surface area (Å²) in [5.74, 6) is 2.56. The van der Waals surface area contributed by atoms with Crippen molar-refractivity contribution in [1.29, 1.82) is 0 Å². The number of methoxy groups -OCH3 is 1. The number of nitrogens with one attached hydrogen (secondary N) is 1. The maximum atomic E-state index is 11.9. The van der Waals surface area contributed by atoms with Crippen LogP contribution in [0.5, 0.6) is 5.75 Å². The lowest BCUT2D eigenvalue weighted by atomic mass is 10.3. The van der Waals surface area contributed by atoms with E-state index in [4.69, 9.17) is 16.9 Å². The molecule has 3 N–H and O–H groups in total. The molecular formula is C11H14N2O3S. The molecule has 0 unspecified atom stereocenters. The van der Waals surface area contributed by atoms with Crippen LogP contribution >= 0.6 is 0 Å². The summed E-state index contributed by atoms with van der Waals surface area (Å²) in [7, 11) is -2.23. The summed E-state index contributed by atoms with van der Waals surface area (Å²) in [5, 5.41) is 0. The minimum atomic E-state index is -3.62. The molecule has 0 aliphatic heterocycles. The van der Waals surface area contributed by atoms with Crippen molar-refractivity contribution in [2.45, 2.75) is 11.3 Å². The Balaban J connectivity index is 3.03. The van der Waals surface area contributed by atoms with Crippen LogP contribution in [0.25, 0.3) is 0 Å². The van der Waals surface area contributed by atoms with E-state index in [1.54, 1.807) is 0 Å². The summed E-state index contributed by atoms with van der Waals surface area (Å²) >= 11 is 0. The van der Waals surface area contributed by atoms with E-state index in [1.165, 1.54) is 25.3 Å². The monoisotopic (exact) mass is 254 g/mol. The topological polar surface area (TPSA) is 81.4 Å². The van der Waals surface area contributed by atoms with Gasteiger partial charge >= 0.3 is 0 Å². The van der Waals surface area contributed by atoms with Gasteiger partial charge in [-0.25, -0.2) is 13.1 Å². The molecule has 1 aromatic carbocycles. The minimum Gasteiger partial charge on any atom is -0.495 e. The zero-order valence-corrected chi connectivity index (χ0v) is 10.3. The summed E-state index contributed by atoms with van der Waals surface area (Å²) in [6, 6.07) is 4.35. The van der Waals surface area contributed by atoms with E-state index in [0.29, 0.717) is 12.1 Å². The molecule has 0 radical (unpaired) electrons. The molecule has 17 heavy (non-hydrogen) atoms. The summed E-state index contributed by atoms with van der Waals surface area (Å²) in [5.41, 5.74) is 5.98. The van der Waals surface area contributed by atoms with E-state index >= 15 is 0 Å². The molecule has 0 atom stereocenters. The van der Waals surface area contributed by atoms with Crippen LogP contribution < -0.4 is 15.2 Å². The first-order valence-electron chi connectivity index (χ1n) is 4.88. The molecule has 0 heterocycles. The van der Waals surface area contributed by atoms with Gasteiger partial charge in [-0.2, -0.15) is 0 Å². The average Bonchev–Trinajstić information content (AvgIpc) is 2.28. The van der Waals surface area contributed by atoms with Crippen LogP contribution in [0.1, 0.15) is 6.42 Å². The van der Waals surface area contributed by atoms with Crippen molar-refractivity contribution < 1.29 is 13.2 Å². The van der Waals surface area contributed by atoms with Gasteiger partial charge in [-0.3, -0.25) is 0 Å². The Bertz CT molecular complexity index is 532. The van der Waals surface area contributed by atoms with Gasteiger partial charge in [-0.1, -0.05) is 0 Å². The SMILES string of the molecule is C#CCCNS(=O)(=O)c1ccc(N)cc1OC. The number of anilines is 1. The Kier molecular flexibility index (Phi) is 4.37. The molecule has 0 bridgehead atoms. The smallest absolute Gasteiger partial charge is 0.244 e. The van der Waals surface area contributed by atoms with Crippen molar-refractivity contribution in [3.8, 4) is 18.1 Å². The normalized spacial score (nSPS) is 10.8. The fourth-order valence-corrected chi connectivity index (χ4v) is 2.42. The molecule has 0 aromatic heterocycles. The van der Waals surface area contributed by atoms with Crippen LogP contribution in [0, 0.1) is 12.3 Å². The van der Waals surface area contributed by atoms with E-state index in [-0.39, 0.29) is 17.2 Å². The lowest BCUT2D eigenvalue weighted by molar-refractivity contribution is 0.402. The third-order valence-electron chi connectivity index (χ3n) is 2.04. The number of terminal acetylenes is 1. The molecule has 0 saturated carbocycles. The lowest BCUT2D eigenvalue weighted by Crippen LogP contribution is -2.25. The molecular weight excluding hydrogens is 240 g/mol. The number of rotatable bonds is 5. The fourth-order valence-electron chi connectivity index (χ4n) is 1.24. The quantitative estimate of drug-likeness (QED) is 0.457. The third kappa shape index (κ3) is 3.37. The Labute approximate surface area is 101 Å². The van der Waals surface area contributed by atoms with Gasteiger partial charge in [0.25, 0.3) is 0 Å². The third-order valence-corrected chi connectivity index (χ3v) is 3.54. The highest BCUT2D eigenvalue weighted by molar-refractivity contribution is 7.89. The second-order valence-electron chi connectivity index (χ2n) is 3.26. The van der Waals surface area contributed by atoms with Crippen molar-refractivity contribution in [1.82, 2.24) is 4.72 Å². The van der Waals surface area contributed by atoms with Crippen molar-refractivity contribution >= 4 is 15.7 Å². The van der Waals surface area contributed by atoms with Crippen molar-refractivity contribution in [3.05, 3.63) is 18.2 Å². The number of nitrogens with two attached hydrogens (primary N) is 1. The highest BCUT2D eigenvalue weighted by Crippen LogP contribution is 2.25. The molecule has 0 aliphatic carbocycles. The van der Waals surface area contributed by atoms with E-state index < -0.39 is 10.0 Å². The van der Waals surface area contributed by atoms with Crippen molar-refractivity contribution in [3.63, 3.8) is 0 Å². The van der Waals surface area contributed by atoms with Gasteiger partial charge in [-0.15, -0.1) is 12.3 Å². The Hall–Kier alpha value is -1.71. The van der Waals surface area contributed by atoms with Crippen LogP contribution in [0.3, 0.4) is 0 Å². The zero-order valence-electron chi connectivity index (χ0n) is 9.43. The van der Waals surface area contributed by atoms with Gasteiger partial charge < -0.3 is 10.5 Å². The summed E-state index contributed by atoms with van der Waals surface area (Å²) in [6.45, 7) is 0.187. The number of sulfonamides is 1. The first kappa shape index (κ1) is 13.4. The van der Waals surface area contributed by atoms with E-state index in [2.05, 4.69) is 10.6 Å². The largest absolute Gasteiger partial charge is 0.495 e. The van der Waals surface area contributed by atoms with Crippen LogP contribution in [-0.2, 0) is 10.0 Å². The highest BCUT2D eigenvalue weighted by atomic mass is 32.2. The zero-order chi connectivity index (χ0) is 12.9. The van der Waals surface area contributed by atoms with Crippen LogP contribution in [-0.4, -0.2) is 22.1 Å². The number of hydrogen-bond donors (Lipinski definition) is 2. The van der Waals surface area contributed by atoms with Gasteiger partial charge in [-0.05, 0) is 12.1 Å². The lowest BCUT2D eigenvalue weighted by Gasteiger charge is -2.10.